The molecule has 4 heteroatoms. The molecule has 0 aliphatic carbocycles. The number of rotatable bonds is 1. The molecule has 1 aliphatic rings. The largest absolute Gasteiger partial charge is 0.423 e. The molecule has 0 unspecified atom stereocenters. The molecular formula is C9H9NO3. The van der Waals surface area contributed by atoms with Gasteiger partial charge in [-0.05, 0) is 6.07 Å². The molecule has 2 rings (SSSR count). The predicted molar refractivity (Wildman–Crippen MR) is 46.5 cm³/mol. The third-order valence-electron chi connectivity index (χ3n) is 1.92. The number of aliphatic hydroxyl groups is 1. The average molecular weight is 179 g/mol. The summed E-state index contributed by atoms with van der Waals surface area (Å²) in [6, 6.07) is 5.22. The molecule has 0 saturated carbocycles. The van der Waals surface area contributed by atoms with Crippen molar-refractivity contribution in [3.05, 3.63) is 23.8 Å². The minimum Gasteiger partial charge on any atom is -0.423 e. The fourth-order valence-electron chi connectivity index (χ4n) is 1.31. The number of benzene rings is 1. The van der Waals surface area contributed by atoms with Crippen LogP contribution in [0.15, 0.2) is 18.2 Å². The molecule has 1 aromatic rings. The first kappa shape index (κ1) is 8.07. The number of nitrogens with one attached hydrogen (secondary N) is 1. The van der Waals surface area contributed by atoms with Gasteiger partial charge in [0.25, 0.3) is 0 Å². The van der Waals surface area contributed by atoms with Crippen molar-refractivity contribution >= 4 is 11.7 Å². The van der Waals surface area contributed by atoms with Gasteiger partial charge in [-0.25, -0.2) is 4.79 Å². The van der Waals surface area contributed by atoms with Gasteiger partial charge in [-0.1, -0.05) is 12.1 Å². The summed E-state index contributed by atoms with van der Waals surface area (Å²) in [4.78, 5) is 10.9. The topological polar surface area (TPSA) is 58.6 Å². The molecule has 0 amide bonds. The number of fused-ring (bicyclic) bond motifs is 1. The van der Waals surface area contributed by atoms with E-state index < -0.39 is 0 Å². The highest BCUT2D eigenvalue weighted by Crippen LogP contribution is 2.30. The van der Waals surface area contributed by atoms with E-state index in [0.717, 1.165) is 5.56 Å². The quantitative estimate of drug-likeness (QED) is 0.487. The van der Waals surface area contributed by atoms with Gasteiger partial charge in [-0.3, -0.25) is 0 Å². The smallest absolute Gasteiger partial charge is 0.330 e. The summed E-state index contributed by atoms with van der Waals surface area (Å²) in [5.41, 5.74) is 1.45. The number of para-hydroxylation sites is 1. The molecule has 1 aromatic carbocycles. The Bertz CT molecular complexity index is 349. The lowest BCUT2D eigenvalue weighted by molar-refractivity contribution is -0.132. The molecule has 2 N–H and O–H groups in total. The van der Waals surface area contributed by atoms with E-state index in [1.807, 2.05) is 0 Å². The first-order chi connectivity index (χ1) is 6.31. The van der Waals surface area contributed by atoms with Gasteiger partial charge in [0, 0.05) is 5.56 Å². The van der Waals surface area contributed by atoms with E-state index in [0.29, 0.717) is 11.4 Å². The maximum atomic E-state index is 10.9. The van der Waals surface area contributed by atoms with Crippen LogP contribution in [0.3, 0.4) is 0 Å². The highest BCUT2D eigenvalue weighted by Gasteiger charge is 2.18. The Morgan fingerprint density at radius 2 is 2.38 bits per heavy atom. The van der Waals surface area contributed by atoms with Gasteiger partial charge in [0.1, 0.15) is 6.54 Å². The number of hydrogen-bond donors (Lipinski definition) is 2. The van der Waals surface area contributed by atoms with Crippen molar-refractivity contribution in [2.45, 2.75) is 6.61 Å². The van der Waals surface area contributed by atoms with Crippen LogP contribution in [0.25, 0.3) is 0 Å². The summed E-state index contributed by atoms with van der Waals surface area (Å²) in [6.45, 7) is 0.0950. The molecular weight excluding hydrogens is 170 g/mol. The van der Waals surface area contributed by atoms with Gasteiger partial charge in [0.2, 0.25) is 0 Å². The lowest BCUT2D eigenvalue weighted by Gasteiger charge is -2.19. The van der Waals surface area contributed by atoms with Crippen LogP contribution in [0.1, 0.15) is 5.56 Å². The predicted octanol–water partition coefficient (Wildman–Crippen LogP) is 0.510. The zero-order valence-electron chi connectivity index (χ0n) is 6.91. The van der Waals surface area contributed by atoms with E-state index in [-0.39, 0.29) is 19.1 Å². The maximum absolute atomic E-state index is 10.9. The highest BCUT2D eigenvalue weighted by molar-refractivity contribution is 5.84. The number of aliphatic hydroxyl groups excluding tert-OH is 1. The number of ether oxygens (including phenoxy) is 1. The van der Waals surface area contributed by atoms with Crippen molar-refractivity contribution in [1.82, 2.24) is 0 Å². The number of anilines is 1. The van der Waals surface area contributed by atoms with E-state index in [4.69, 9.17) is 9.84 Å². The van der Waals surface area contributed by atoms with Crippen LogP contribution in [-0.4, -0.2) is 17.6 Å². The Morgan fingerprint density at radius 1 is 1.54 bits per heavy atom. The fourth-order valence-corrected chi connectivity index (χ4v) is 1.31. The molecule has 1 aliphatic heterocycles. The van der Waals surface area contributed by atoms with E-state index in [9.17, 15) is 4.79 Å². The molecule has 0 fully saturated rings. The zero-order chi connectivity index (χ0) is 9.26. The van der Waals surface area contributed by atoms with Crippen LogP contribution in [0, 0.1) is 0 Å². The van der Waals surface area contributed by atoms with Crippen LogP contribution >= 0.6 is 0 Å². The normalized spacial score (nSPS) is 14.4. The third kappa shape index (κ3) is 1.36. The second kappa shape index (κ2) is 3.06. The van der Waals surface area contributed by atoms with Gasteiger partial charge < -0.3 is 15.2 Å². The van der Waals surface area contributed by atoms with Gasteiger partial charge >= 0.3 is 5.97 Å². The summed E-state index contributed by atoms with van der Waals surface area (Å²) in [5.74, 6) is 0.186. The minimum atomic E-state index is -0.303. The lowest BCUT2D eigenvalue weighted by Crippen LogP contribution is -2.25. The van der Waals surface area contributed by atoms with Crippen molar-refractivity contribution in [3.63, 3.8) is 0 Å². The van der Waals surface area contributed by atoms with E-state index in [1.54, 1.807) is 18.2 Å². The fraction of sp³-hybridized carbons (Fsp3) is 0.222. The second-order valence-corrected chi connectivity index (χ2v) is 2.78. The molecule has 0 bridgehead atoms. The second-order valence-electron chi connectivity index (χ2n) is 2.78. The third-order valence-corrected chi connectivity index (χ3v) is 1.92. The van der Waals surface area contributed by atoms with Gasteiger partial charge in [0.05, 0.1) is 12.3 Å². The van der Waals surface area contributed by atoms with E-state index in [2.05, 4.69) is 5.32 Å². The minimum absolute atomic E-state index is 0.0618. The average Bonchev–Trinajstić information content (AvgIpc) is 2.16. The van der Waals surface area contributed by atoms with Crippen LogP contribution < -0.4 is 10.1 Å². The van der Waals surface area contributed by atoms with E-state index >= 15 is 0 Å². The first-order valence-corrected chi connectivity index (χ1v) is 3.98. The summed E-state index contributed by atoms with van der Waals surface area (Å²) in [5, 5.41) is 11.9. The van der Waals surface area contributed by atoms with Crippen molar-refractivity contribution in [1.29, 1.82) is 0 Å². The molecule has 0 atom stereocenters. The standard InChI is InChI=1S/C9H9NO3/c11-5-6-2-1-3-7-9(6)10-4-8(12)13-7/h1-3,10-11H,4-5H2. The highest BCUT2D eigenvalue weighted by atomic mass is 16.5. The van der Waals surface area contributed by atoms with Crippen LogP contribution in [-0.2, 0) is 11.4 Å². The molecule has 0 aromatic heterocycles. The number of carbonyl (C=O) groups is 1. The first-order valence-electron chi connectivity index (χ1n) is 3.98. The lowest BCUT2D eigenvalue weighted by atomic mass is 10.1. The molecule has 4 nitrogen and oxygen atoms in total. The van der Waals surface area contributed by atoms with Gasteiger partial charge in [-0.15, -0.1) is 0 Å². The molecule has 1 heterocycles. The van der Waals surface area contributed by atoms with Crippen LogP contribution in [0.4, 0.5) is 5.69 Å². The molecule has 13 heavy (non-hydrogen) atoms. The molecule has 68 valence electrons. The Morgan fingerprint density at radius 3 is 3.15 bits per heavy atom. The Hall–Kier alpha value is -1.55. The van der Waals surface area contributed by atoms with Crippen molar-refractivity contribution < 1.29 is 14.6 Å². The Kier molecular flexibility index (Phi) is 1.90. The summed E-state index contributed by atoms with van der Waals surface area (Å²) in [6.07, 6.45) is 0. The van der Waals surface area contributed by atoms with Gasteiger partial charge in [0.15, 0.2) is 5.75 Å². The van der Waals surface area contributed by atoms with Crippen molar-refractivity contribution in [3.8, 4) is 5.75 Å². The Labute approximate surface area is 75.1 Å². The molecule has 0 saturated heterocycles. The zero-order valence-corrected chi connectivity index (χ0v) is 6.91. The van der Waals surface area contributed by atoms with Crippen molar-refractivity contribution in [2.75, 3.05) is 11.9 Å². The molecule has 0 spiro atoms. The summed E-state index contributed by atoms with van der Waals surface area (Å²) >= 11 is 0. The van der Waals surface area contributed by atoms with Crippen molar-refractivity contribution in [2.24, 2.45) is 0 Å². The van der Waals surface area contributed by atoms with Crippen LogP contribution in [0.5, 0.6) is 5.75 Å². The number of esters is 1. The summed E-state index contributed by atoms with van der Waals surface area (Å²) in [7, 11) is 0. The van der Waals surface area contributed by atoms with E-state index in [1.165, 1.54) is 0 Å². The monoisotopic (exact) mass is 179 g/mol. The van der Waals surface area contributed by atoms with Crippen LogP contribution in [0.2, 0.25) is 0 Å². The summed E-state index contributed by atoms with van der Waals surface area (Å²) < 4.78 is 4.96. The maximum Gasteiger partial charge on any atom is 0.330 e. The SMILES string of the molecule is O=C1CNc2c(CO)cccc2O1. The number of carbonyl (C=O) groups excluding carboxylic acids is 1. The molecule has 0 radical (unpaired) electrons. The van der Waals surface area contributed by atoms with Gasteiger partial charge in [-0.2, -0.15) is 0 Å². The number of hydrogen-bond acceptors (Lipinski definition) is 4. The Balaban J connectivity index is 2.45.